The Bertz CT molecular complexity index is 401. The number of aryl methyl sites for hydroxylation is 1. The normalized spacial score (nSPS) is 16.6. The first kappa shape index (κ1) is 12.5. The summed E-state index contributed by atoms with van der Waals surface area (Å²) in [7, 11) is 0. The zero-order valence-corrected chi connectivity index (χ0v) is 11.2. The van der Waals surface area contributed by atoms with Crippen molar-refractivity contribution in [2.45, 2.75) is 43.7 Å². The van der Waals surface area contributed by atoms with Crippen LogP contribution in [0.4, 0.5) is 0 Å². The lowest BCUT2D eigenvalue weighted by Gasteiger charge is -2.11. The van der Waals surface area contributed by atoms with E-state index in [2.05, 4.69) is 36.5 Å². The molecule has 1 aromatic rings. The number of amides is 1. The highest BCUT2D eigenvalue weighted by molar-refractivity contribution is 7.99. The molecule has 1 aromatic carbocycles. The van der Waals surface area contributed by atoms with E-state index < -0.39 is 0 Å². The molecule has 0 radical (unpaired) electrons. The van der Waals surface area contributed by atoms with E-state index in [0.29, 0.717) is 6.04 Å². The molecule has 0 heterocycles. The van der Waals surface area contributed by atoms with E-state index in [1.807, 2.05) is 6.92 Å². The minimum absolute atomic E-state index is 0.0381. The van der Waals surface area contributed by atoms with Crippen molar-refractivity contribution >= 4 is 17.7 Å². The van der Waals surface area contributed by atoms with Gasteiger partial charge in [0.25, 0.3) is 0 Å². The molecule has 0 aromatic heterocycles. The number of hydrogen-bond acceptors (Lipinski definition) is 2. The maximum Gasteiger partial charge on any atom is 0.233 e. The van der Waals surface area contributed by atoms with Crippen LogP contribution in [0.2, 0.25) is 0 Å². The summed E-state index contributed by atoms with van der Waals surface area (Å²) >= 11 is 1.70. The van der Waals surface area contributed by atoms with Gasteiger partial charge in [-0.05, 0) is 32.3 Å². The molecular weight excluding hydrogens is 230 g/mol. The van der Waals surface area contributed by atoms with Gasteiger partial charge in [-0.25, -0.2) is 0 Å². The zero-order chi connectivity index (χ0) is 12.3. The lowest BCUT2D eigenvalue weighted by Crippen LogP contribution is -2.32. The number of rotatable bonds is 5. The van der Waals surface area contributed by atoms with Gasteiger partial charge in [0, 0.05) is 11.8 Å². The summed E-state index contributed by atoms with van der Waals surface area (Å²) in [5.74, 6) is 1.09. The van der Waals surface area contributed by atoms with Crippen LogP contribution in [0, 0.1) is 6.92 Å². The summed E-state index contributed by atoms with van der Waals surface area (Å²) in [6, 6.07) is 8.92. The lowest BCUT2D eigenvalue weighted by atomic mass is 10.2. The van der Waals surface area contributed by atoms with Crippen molar-refractivity contribution < 1.29 is 4.79 Å². The van der Waals surface area contributed by atoms with Crippen molar-refractivity contribution in [1.82, 2.24) is 5.32 Å². The van der Waals surface area contributed by atoms with E-state index in [1.54, 1.807) is 11.8 Å². The second-order valence-corrected chi connectivity index (χ2v) is 6.05. The Labute approximate surface area is 107 Å². The molecular formula is C14H19NOS. The van der Waals surface area contributed by atoms with Gasteiger partial charge in [0.15, 0.2) is 0 Å². The minimum Gasteiger partial charge on any atom is -0.352 e. The van der Waals surface area contributed by atoms with Crippen LogP contribution in [-0.2, 0) is 10.5 Å². The SMILES string of the molecule is Cc1cccc(CS[C@H](C)C(=O)NC2CC2)c1. The highest BCUT2D eigenvalue weighted by Crippen LogP contribution is 2.22. The summed E-state index contributed by atoms with van der Waals surface area (Å²) in [6.07, 6.45) is 2.31. The van der Waals surface area contributed by atoms with Crippen molar-refractivity contribution in [3.63, 3.8) is 0 Å². The molecule has 1 saturated carbocycles. The van der Waals surface area contributed by atoms with Gasteiger partial charge < -0.3 is 5.32 Å². The Kier molecular flexibility index (Phi) is 4.11. The van der Waals surface area contributed by atoms with Crippen LogP contribution in [0.3, 0.4) is 0 Å². The van der Waals surface area contributed by atoms with Crippen LogP contribution in [0.5, 0.6) is 0 Å². The molecule has 0 saturated heterocycles. The number of thioether (sulfide) groups is 1. The Balaban J connectivity index is 1.78. The molecule has 1 fully saturated rings. The Morgan fingerprint density at radius 1 is 1.53 bits per heavy atom. The number of carbonyl (C=O) groups is 1. The van der Waals surface area contributed by atoms with Crippen molar-refractivity contribution in [1.29, 1.82) is 0 Å². The molecule has 3 heteroatoms. The summed E-state index contributed by atoms with van der Waals surface area (Å²) in [6.45, 7) is 4.08. The van der Waals surface area contributed by atoms with Gasteiger partial charge in [0.2, 0.25) is 5.91 Å². The van der Waals surface area contributed by atoms with E-state index in [9.17, 15) is 4.79 Å². The van der Waals surface area contributed by atoms with Crippen LogP contribution in [0.25, 0.3) is 0 Å². The second kappa shape index (κ2) is 5.58. The van der Waals surface area contributed by atoms with Gasteiger partial charge in [0.1, 0.15) is 0 Å². The third-order valence-electron chi connectivity index (χ3n) is 2.88. The van der Waals surface area contributed by atoms with E-state index in [4.69, 9.17) is 0 Å². The standard InChI is InChI=1S/C14H19NOS/c1-10-4-3-5-12(8-10)9-17-11(2)14(16)15-13-6-7-13/h3-5,8,11,13H,6-7,9H2,1-2H3,(H,15,16)/t11-/m1/s1. The van der Waals surface area contributed by atoms with Crippen molar-refractivity contribution in [2.24, 2.45) is 0 Å². The molecule has 17 heavy (non-hydrogen) atoms. The van der Waals surface area contributed by atoms with E-state index in [1.165, 1.54) is 11.1 Å². The highest BCUT2D eigenvalue weighted by Gasteiger charge is 2.25. The molecule has 0 spiro atoms. The molecule has 1 aliphatic rings. The number of carbonyl (C=O) groups excluding carboxylic acids is 1. The van der Waals surface area contributed by atoms with Gasteiger partial charge >= 0.3 is 0 Å². The molecule has 0 aliphatic heterocycles. The van der Waals surface area contributed by atoms with Crippen LogP contribution in [-0.4, -0.2) is 17.2 Å². The summed E-state index contributed by atoms with van der Waals surface area (Å²) in [5, 5.41) is 3.08. The zero-order valence-electron chi connectivity index (χ0n) is 10.4. The maximum absolute atomic E-state index is 11.7. The third-order valence-corrected chi connectivity index (χ3v) is 4.09. The van der Waals surface area contributed by atoms with Gasteiger partial charge in [-0.1, -0.05) is 29.8 Å². The van der Waals surface area contributed by atoms with Gasteiger partial charge in [-0.2, -0.15) is 0 Å². The van der Waals surface area contributed by atoms with Gasteiger partial charge in [0.05, 0.1) is 5.25 Å². The minimum atomic E-state index is 0.0381. The Morgan fingerprint density at radius 3 is 2.94 bits per heavy atom. The van der Waals surface area contributed by atoms with E-state index in [-0.39, 0.29) is 11.2 Å². The number of nitrogens with one attached hydrogen (secondary N) is 1. The fraction of sp³-hybridized carbons (Fsp3) is 0.500. The molecule has 2 rings (SSSR count). The van der Waals surface area contributed by atoms with Crippen LogP contribution >= 0.6 is 11.8 Å². The Hall–Kier alpha value is -0.960. The third kappa shape index (κ3) is 4.08. The monoisotopic (exact) mass is 249 g/mol. The Morgan fingerprint density at radius 2 is 2.29 bits per heavy atom. The highest BCUT2D eigenvalue weighted by atomic mass is 32.2. The van der Waals surface area contributed by atoms with Crippen LogP contribution in [0.1, 0.15) is 30.9 Å². The topological polar surface area (TPSA) is 29.1 Å². The molecule has 1 aliphatic carbocycles. The largest absolute Gasteiger partial charge is 0.352 e. The smallest absolute Gasteiger partial charge is 0.233 e. The first-order valence-corrected chi connectivity index (χ1v) is 7.17. The second-order valence-electron chi connectivity index (χ2n) is 4.73. The quantitative estimate of drug-likeness (QED) is 0.869. The lowest BCUT2D eigenvalue weighted by molar-refractivity contribution is -0.120. The maximum atomic E-state index is 11.7. The van der Waals surface area contributed by atoms with Gasteiger partial charge in [-0.15, -0.1) is 11.8 Å². The number of benzene rings is 1. The van der Waals surface area contributed by atoms with Crippen LogP contribution in [0.15, 0.2) is 24.3 Å². The van der Waals surface area contributed by atoms with Crippen LogP contribution < -0.4 is 5.32 Å². The molecule has 2 nitrogen and oxygen atoms in total. The molecule has 0 bridgehead atoms. The molecule has 0 unspecified atom stereocenters. The predicted molar refractivity (Wildman–Crippen MR) is 73.1 cm³/mol. The average Bonchev–Trinajstić information content (AvgIpc) is 3.10. The summed E-state index contributed by atoms with van der Waals surface area (Å²) in [5.41, 5.74) is 2.57. The average molecular weight is 249 g/mol. The first-order valence-electron chi connectivity index (χ1n) is 6.12. The van der Waals surface area contributed by atoms with E-state index >= 15 is 0 Å². The van der Waals surface area contributed by atoms with Crippen molar-refractivity contribution in [3.8, 4) is 0 Å². The summed E-state index contributed by atoms with van der Waals surface area (Å²) < 4.78 is 0. The first-order chi connectivity index (χ1) is 8.15. The molecule has 92 valence electrons. The molecule has 1 atom stereocenters. The molecule has 1 amide bonds. The summed E-state index contributed by atoms with van der Waals surface area (Å²) in [4.78, 5) is 11.7. The van der Waals surface area contributed by atoms with Crippen molar-refractivity contribution in [3.05, 3.63) is 35.4 Å². The molecule has 1 N–H and O–H groups in total. The van der Waals surface area contributed by atoms with Gasteiger partial charge in [-0.3, -0.25) is 4.79 Å². The van der Waals surface area contributed by atoms with E-state index in [0.717, 1.165) is 18.6 Å². The fourth-order valence-corrected chi connectivity index (χ4v) is 2.49. The fourth-order valence-electron chi connectivity index (χ4n) is 1.65. The predicted octanol–water partition coefficient (Wildman–Crippen LogP) is 2.90. The number of hydrogen-bond donors (Lipinski definition) is 1. The van der Waals surface area contributed by atoms with Crippen molar-refractivity contribution in [2.75, 3.05) is 0 Å².